The summed E-state index contributed by atoms with van der Waals surface area (Å²) in [7, 11) is 0. The van der Waals surface area contributed by atoms with Crippen molar-refractivity contribution >= 4 is 52.7 Å². The number of carbonyl (C=O) groups excluding carboxylic acids is 3. The predicted molar refractivity (Wildman–Crippen MR) is 166 cm³/mol. The van der Waals surface area contributed by atoms with Crippen molar-refractivity contribution in [3.8, 4) is 0 Å². The summed E-state index contributed by atoms with van der Waals surface area (Å²) >= 11 is 12.2. The minimum absolute atomic E-state index is 0.0574. The lowest BCUT2D eigenvalue weighted by atomic mass is 9.81. The summed E-state index contributed by atoms with van der Waals surface area (Å²) in [6, 6.07) is 19.5. The van der Waals surface area contributed by atoms with Crippen LogP contribution in [0.25, 0.3) is 0 Å². The highest BCUT2D eigenvalue weighted by atomic mass is 35.5. The predicted octanol–water partition coefficient (Wildman–Crippen LogP) is 5.81. The van der Waals surface area contributed by atoms with E-state index in [1.165, 1.54) is 0 Å². The Balaban J connectivity index is 1.31. The van der Waals surface area contributed by atoms with Gasteiger partial charge in [0.05, 0.1) is 21.0 Å². The number of halogens is 2. The van der Waals surface area contributed by atoms with E-state index in [0.29, 0.717) is 43.6 Å². The zero-order chi connectivity index (χ0) is 30.8. The maximum Gasteiger partial charge on any atom is 0.326 e. The molecule has 0 heterocycles. The molecule has 4 rings (SSSR count). The maximum absolute atomic E-state index is 13.5. The number of aliphatic carboxylic acids is 1. The molecule has 3 aromatic rings. The smallest absolute Gasteiger partial charge is 0.326 e. The lowest BCUT2D eigenvalue weighted by Crippen LogP contribution is -2.49. The molecule has 226 valence electrons. The number of anilines is 1. The van der Waals surface area contributed by atoms with Crippen molar-refractivity contribution in [2.45, 2.75) is 51.1 Å². The average molecular weight is 626 g/mol. The number of hydrogen-bond donors (Lipinski definition) is 5. The fourth-order valence-electron chi connectivity index (χ4n) is 5.28. The molecule has 43 heavy (non-hydrogen) atoms. The number of nitrogens with one attached hydrogen (secondary N) is 4. The molecule has 11 heteroatoms. The monoisotopic (exact) mass is 624 g/mol. The number of hydrogen-bond acceptors (Lipinski definition) is 4. The maximum atomic E-state index is 13.5. The molecule has 9 nitrogen and oxygen atoms in total. The van der Waals surface area contributed by atoms with Crippen LogP contribution in [-0.2, 0) is 22.6 Å². The summed E-state index contributed by atoms with van der Waals surface area (Å²) in [5.41, 5.74) is 1.54. The molecule has 0 spiro atoms. The molecule has 5 N–H and O–H groups in total. The van der Waals surface area contributed by atoms with Crippen molar-refractivity contribution in [2.24, 2.45) is 5.41 Å². The molecule has 0 aliphatic heterocycles. The second kappa shape index (κ2) is 14.9. The molecule has 0 radical (unpaired) electrons. The lowest BCUT2D eigenvalue weighted by Gasteiger charge is -2.29. The first kappa shape index (κ1) is 31.8. The Bertz CT molecular complexity index is 1420. The highest BCUT2D eigenvalue weighted by Crippen LogP contribution is 2.41. The van der Waals surface area contributed by atoms with E-state index in [1.54, 1.807) is 42.5 Å². The Labute approximate surface area is 260 Å². The van der Waals surface area contributed by atoms with Crippen molar-refractivity contribution < 1.29 is 24.3 Å². The fourth-order valence-corrected chi connectivity index (χ4v) is 5.85. The third-order valence-corrected chi connectivity index (χ3v) is 8.30. The van der Waals surface area contributed by atoms with Gasteiger partial charge in [-0.2, -0.15) is 0 Å². The summed E-state index contributed by atoms with van der Waals surface area (Å²) < 4.78 is 0. The van der Waals surface area contributed by atoms with Gasteiger partial charge in [-0.25, -0.2) is 9.59 Å². The zero-order valence-corrected chi connectivity index (χ0v) is 25.0. The van der Waals surface area contributed by atoms with E-state index in [9.17, 15) is 24.3 Å². The first-order chi connectivity index (χ1) is 20.7. The second-order valence-corrected chi connectivity index (χ2v) is 11.5. The van der Waals surface area contributed by atoms with E-state index in [-0.39, 0.29) is 34.0 Å². The molecule has 0 aromatic heterocycles. The van der Waals surface area contributed by atoms with Crippen molar-refractivity contribution in [3.63, 3.8) is 0 Å². The number of benzene rings is 3. The van der Waals surface area contributed by atoms with Crippen LogP contribution in [0.5, 0.6) is 0 Å². The number of carbonyl (C=O) groups is 4. The lowest BCUT2D eigenvalue weighted by molar-refractivity contribution is -0.144. The topological polar surface area (TPSA) is 137 Å². The molecular formula is C32H34Cl2N4O5. The van der Waals surface area contributed by atoms with Crippen molar-refractivity contribution in [1.29, 1.82) is 0 Å². The zero-order valence-electron chi connectivity index (χ0n) is 23.5. The molecule has 4 amide bonds. The summed E-state index contributed by atoms with van der Waals surface area (Å²) in [6.07, 6.45) is 3.44. The van der Waals surface area contributed by atoms with Gasteiger partial charge in [0.15, 0.2) is 0 Å². The Kier molecular flexibility index (Phi) is 11.0. The molecule has 1 aliphatic carbocycles. The van der Waals surface area contributed by atoms with Gasteiger partial charge < -0.3 is 26.4 Å². The van der Waals surface area contributed by atoms with Crippen LogP contribution in [0.15, 0.2) is 72.8 Å². The summed E-state index contributed by atoms with van der Waals surface area (Å²) in [6.45, 7) is 0.681. The van der Waals surface area contributed by atoms with Gasteiger partial charge >= 0.3 is 12.0 Å². The first-order valence-electron chi connectivity index (χ1n) is 14.1. The molecule has 1 atom stereocenters. The van der Waals surface area contributed by atoms with Gasteiger partial charge in [-0.05, 0) is 54.7 Å². The molecular weight excluding hydrogens is 591 g/mol. The third kappa shape index (κ3) is 8.72. The van der Waals surface area contributed by atoms with Crippen molar-refractivity contribution in [3.05, 3.63) is 99.5 Å². The third-order valence-electron chi connectivity index (χ3n) is 7.67. The Morgan fingerprint density at radius 2 is 1.47 bits per heavy atom. The normalized spacial score (nSPS) is 14.4. The standard InChI is InChI=1S/C32H34Cl2N4O5/c33-24-9-6-10-25(34)27(24)28(39)37-23-13-11-21(12-14-23)19-26(29(40)41)38-30(42)32(15-4-5-16-32)17-18-35-31(43)36-20-22-7-2-1-3-8-22/h1-3,6-14,26H,4-5,15-20H2,(H,37,39)(H,38,42)(H,40,41)(H2,35,36,43)/t26-/m0/s1. The number of urea groups is 1. The van der Waals surface area contributed by atoms with Gasteiger partial charge in [-0.15, -0.1) is 0 Å². The van der Waals surface area contributed by atoms with E-state index >= 15 is 0 Å². The molecule has 3 aromatic carbocycles. The molecule has 0 saturated heterocycles. The summed E-state index contributed by atoms with van der Waals surface area (Å²) in [5, 5.41) is 21.5. The SMILES string of the molecule is O=C(NCCC1(C(=O)N[C@@H](Cc2ccc(NC(=O)c3c(Cl)cccc3Cl)cc2)C(=O)O)CCCC1)NCc1ccccc1. The van der Waals surface area contributed by atoms with Crippen molar-refractivity contribution in [2.75, 3.05) is 11.9 Å². The van der Waals surface area contributed by atoms with Crippen molar-refractivity contribution in [1.82, 2.24) is 16.0 Å². The van der Waals surface area contributed by atoms with Crippen LogP contribution in [0.2, 0.25) is 10.0 Å². The molecule has 0 unspecified atom stereocenters. The Hall–Kier alpha value is -4.08. The summed E-state index contributed by atoms with van der Waals surface area (Å²) in [4.78, 5) is 50.5. The number of carboxylic acid groups (broad SMARTS) is 1. The second-order valence-electron chi connectivity index (χ2n) is 10.6. The number of amides is 4. The van der Waals surface area contributed by atoms with E-state index in [2.05, 4.69) is 21.3 Å². The minimum Gasteiger partial charge on any atom is -0.480 e. The Morgan fingerprint density at radius 1 is 0.814 bits per heavy atom. The molecule has 1 aliphatic rings. The van der Waals surface area contributed by atoms with Crippen LogP contribution in [0.1, 0.15) is 53.6 Å². The van der Waals surface area contributed by atoms with E-state index in [1.807, 2.05) is 30.3 Å². The van der Waals surface area contributed by atoms with Crippen LogP contribution in [0.4, 0.5) is 10.5 Å². The Morgan fingerprint density at radius 3 is 2.09 bits per heavy atom. The quantitative estimate of drug-likeness (QED) is 0.173. The highest BCUT2D eigenvalue weighted by molar-refractivity contribution is 6.40. The van der Waals surface area contributed by atoms with Gasteiger partial charge in [-0.1, -0.05) is 84.6 Å². The van der Waals surface area contributed by atoms with E-state index < -0.39 is 23.3 Å². The number of rotatable bonds is 12. The van der Waals surface area contributed by atoms with E-state index in [0.717, 1.165) is 18.4 Å². The van der Waals surface area contributed by atoms with Gasteiger partial charge in [0, 0.05) is 25.2 Å². The van der Waals surface area contributed by atoms with Gasteiger partial charge in [-0.3, -0.25) is 9.59 Å². The van der Waals surface area contributed by atoms with E-state index in [4.69, 9.17) is 23.2 Å². The van der Waals surface area contributed by atoms with Gasteiger partial charge in [0.25, 0.3) is 5.91 Å². The van der Waals surface area contributed by atoms with Crippen LogP contribution < -0.4 is 21.3 Å². The molecule has 1 saturated carbocycles. The van der Waals surface area contributed by atoms with Crippen LogP contribution >= 0.6 is 23.2 Å². The first-order valence-corrected chi connectivity index (χ1v) is 14.9. The van der Waals surface area contributed by atoms with Gasteiger partial charge in [0.2, 0.25) is 5.91 Å². The molecule has 0 bridgehead atoms. The van der Waals surface area contributed by atoms with Crippen LogP contribution in [0, 0.1) is 5.41 Å². The summed E-state index contributed by atoms with van der Waals surface area (Å²) in [5.74, 6) is -1.93. The number of carboxylic acids is 1. The van der Waals surface area contributed by atoms with Crippen LogP contribution in [-0.4, -0.2) is 41.5 Å². The van der Waals surface area contributed by atoms with Crippen LogP contribution in [0.3, 0.4) is 0 Å². The molecule has 1 fully saturated rings. The average Bonchev–Trinajstić information content (AvgIpc) is 3.47. The fraction of sp³-hybridized carbons (Fsp3) is 0.312. The highest BCUT2D eigenvalue weighted by Gasteiger charge is 2.42. The largest absolute Gasteiger partial charge is 0.480 e. The minimum atomic E-state index is -1.15. The van der Waals surface area contributed by atoms with Gasteiger partial charge in [0.1, 0.15) is 6.04 Å².